The van der Waals surface area contributed by atoms with E-state index in [0.717, 1.165) is 47.9 Å². The third-order valence-corrected chi connectivity index (χ3v) is 7.73. The van der Waals surface area contributed by atoms with Gasteiger partial charge < -0.3 is 21.7 Å². The minimum absolute atomic E-state index is 0.274. The molecule has 4 aromatic rings. The predicted octanol–water partition coefficient (Wildman–Crippen LogP) is 5.33. The summed E-state index contributed by atoms with van der Waals surface area (Å²) in [4.78, 5) is 9.37. The molecule has 188 valence electrons. The van der Waals surface area contributed by atoms with Crippen LogP contribution in [0.1, 0.15) is 48.4 Å². The minimum Gasteiger partial charge on any atom is -0.388 e. The Morgan fingerprint density at radius 3 is 2.67 bits per heavy atom. The second kappa shape index (κ2) is 10.3. The van der Waals surface area contributed by atoms with Gasteiger partial charge in [0.1, 0.15) is 0 Å². The van der Waals surface area contributed by atoms with Crippen LogP contribution < -0.4 is 21.7 Å². The molecule has 1 aliphatic rings. The topological polar surface area (TPSA) is 92.3 Å². The maximum absolute atomic E-state index is 6.25. The van der Waals surface area contributed by atoms with Gasteiger partial charge in [-0.25, -0.2) is 9.97 Å². The fourth-order valence-electron chi connectivity index (χ4n) is 5.40. The summed E-state index contributed by atoms with van der Waals surface area (Å²) >= 11 is 0. The van der Waals surface area contributed by atoms with E-state index in [9.17, 15) is 0 Å². The first kappa shape index (κ1) is 24.3. The molecule has 0 bridgehead atoms. The van der Waals surface area contributed by atoms with Crippen LogP contribution >= 0.6 is 0 Å². The zero-order chi connectivity index (χ0) is 25.2. The number of benzene rings is 2. The summed E-state index contributed by atoms with van der Waals surface area (Å²) in [5.41, 5.74) is 16.6. The van der Waals surface area contributed by atoms with Gasteiger partial charge in [0.15, 0.2) is 11.5 Å². The van der Waals surface area contributed by atoms with Gasteiger partial charge in [-0.15, -0.1) is 0 Å². The zero-order valence-electron chi connectivity index (χ0n) is 21.7. The molecule has 0 spiro atoms. The van der Waals surface area contributed by atoms with Crippen molar-refractivity contribution in [2.75, 3.05) is 17.7 Å². The van der Waals surface area contributed by atoms with Crippen molar-refractivity contribution < 1.29 is 0 Å². The van der Waals surface area contributed by atoms with Crippen molar-refractivity contribution >= 4 is 22.8 Å². The molecule has 2 atom stereocenters. The van der Waals surface area contributed by atoms with Crippen LogP contribution in [0.3, 0.4) is 0 Å². The van der Waals surface area contributed by atoms with Crippen molar-refractivity contribution in [3.8, 4) is 11.3 Å². The van der Waals surface area contributed by atoms with Gasteiger partial charge in [0.2, 0.25) is 0 Å². The number of nitrogens with one attached hydrogen (secondary N) is 3. The van der Waals surface area contributed by atoms with E-state index in [0.29, 0.717) is 6.04 Å². The highest BCUT2D eigenvalue weighted by Crippen LogP contribution is 2.32. The molecule has 1 aliphatic carbocycles. The highest BCUT2D eigenvalue weighted by Gasteiger charge is 2.23. The highest BCUT2D eigenvalue weighted by atomic mass is 15.1. The molecule has 5 N–H and O–H groups in total. The largest absolute Gasteiger partial charge is 0.388 e. The zero-order valence-corrected chi connectivity index (χ0v) is 21.7. The number of imidazole rings is 1. The smallest absolute Gasteiger partial charge is 0.180 e. The Kier molecular flexibility index (Phi) is 6.94. The number of nitrogens with zero attached hydrogens (tertiary/aromatic N) is 3. The van der Waals surface area contributed by atoms with Crippen LogP contribution in [0.25, 0.3) is 16.9 Å². The first-order valence-electron chi connectivity index (χ1n) is 13.0. The molecule has 2 aromatic carbocycles. The van der Waals surface area contributed by atoms with Gasteiger partial charge in [0.25, 0.3) is 0 Å². The molecule has 5 rings (SSSR count). The first-order valence-corrected chi connectivity index (χ1v) is 13.0. The number of fused-ring (bicyclic) bond motifs is 1. The van der Waals surface area contributed by atoms with Crippen LogP contribution in [0.5, 0.6) is 0 Å². The molecular weight excluding hydrogens is 446 g/mol. The Balaban J connectivity index is 1.40. The van der Waals surface area contributed by atoms with E-state index in [4.69, 9.17) is 10.7 Å². The van der Waals surface area contributed by atoms with Gasteiger partial charge in [0.05, 0.1) is 11.9 Å². The van der Waals surface area contributed by atoms with E-state index in [-0.39, 0.29) is 6.04 Å². The third kappa shape index (κ3) is 4.56. The van der Waals surface area contributed by atoms with Crippen molar-refractivity contribution in [1.29, 1.82) is 0 Å². The van der Waals surface area contributed by atoms with Crippen LogP contribution in [-0.4, -0.2) is 33.5 Å². The Hall–Kier alpha value is -3.42. The summed E-state index contributed by atoms with van der Waals surface area (Å²) < 4.78 is 2.11. The lowest BCUT2D eigenvalue weighted by molar-refractivity contribution is 0.474. The van der Waals surface area contributed by atoms with Gasteiger partial charge in [-0.3, -0.25) is 4.40 Å². The van der Waals surface area contributed by atoms with E-state index in [1.165, 1.54) is 40.7 Å². The lowest BCUT2D eigenvalue weighted by atomic mass is 9.99. The Bertz CT molecular complexity index is 1370. The monoisotopic (exact) mass is 483 g/mol. The lowest BCUT2D eigenvalue weighted by Gasteiger charge is -2.19. The number of aryl methyl sites for hydroxylation is 1. The summed E-state index contributed by atoms with van der Waals surface area (Å²) in [5, 5.41) is 10.5. The molecule has 0 saturated heterocycles. The van der Waals surface area contributed by atoms with Gasteiger partial charge in [-0.2, -0.15) is 0 Å². The van der Waals surface area contributed by atoms with Crippen molar-refractivity contribution in [3.63, 3.8) is 0 Å². The van der Waals surface area contributed by atoms with Crippen LogP contribution in [-0.2, 0) is 13.0 Å². The highest BCUT2D eigenvalue weighted by molar-refractivity contribution is 5.77. The van der Waals surface area contributed by atoms with E-state index in [1.54, 1.807) is 0 Å². The fraction of sp³-hybridized carbons (Fsp3) is 0.379. The molecule has 0 unspecified atom stereocenters. The third-order valence-electron chi connectivity index (χ3n) is 7.73. The quantitative estimate of drug-likeness (QED) is 0.271. The molecule has 2 aromatic heterocycles. The predicted molar refractivity (Wildman–Crippen MR) is 149 cm³/mol. The van der Waals surface area contributed by atoms with Crippen LogP contribution in [0, 0.1) is 13.8 Å². The average Bonchev–Trinajstić information content (AvgIpc) is 3.51. The van der Waals surface area contributed by atoms with E-state index in [2.05, 4.69) is 76.4 Å². The summed E-state index contributed by atoms with van der Waals surface area (Å²) in [6, 6.07) is 11.5. The van der Waals surface area contributed by atoms with Crippen LogP contribution in [0.15, 0.2) is 48.9 Å². The van der Waals surface area contributed by atoms with Crippen molar-refractivity contribution in [1.82, 2.24) is 19.7 Å². The maximum Gasteiger partial charge on any atom is 0.180 e. The Morgan fingerprint density at radius 1 is 1.06 bits per heavy atom. The Labute approximate surface area is 213 Å². The molecule has 1 fully saturated rings. The second-order valence-electron chi connectivity index (χ2n) is 9.82. The summed E-state index contributed by atoms with van der Waals surface area (Å²) in [6.45, 7) is 7.36. The lowest BCUT2D eigenvalue weighted by Crippen LogP contribution is -2.40. The molecule has 0 radical (unpaired) electrons. The molecule has 0 aliphatic heterocycles. The number of hydrogen-bond donors (Lipinski definition) is 4. The van der Waals surface area contributed by atoms with Gasteiger partial charge in [-0.05, 0) is 73.6 Å². The minimum atomic E-state index is 0.274. The average molecular weight is 484 g/mol. The van der Waals surface area contributed by atoms with Crippen molar-refractivity contribution in [2.24, 2.45) is 5.73 Å². The maximum atomic E-state index is 6.25. The molecule has 36 heavy (non-hydrogen) atoms. The van der Waals surface area contributed by atoms with Crippen LogP contribution in [0.2, 0.25) is 0 Å². The molecule has 2 heterocycles. The van der Waals surface area contributed by atoms with Crippen LogP contribution in [0.4, 0.5) is 17.2 Å². The number of rotatable bonds is 8. The number of anilines is 3. The van der Waals surface area contributed by atoms with E-state index >= 15 is 0 Å². The number of nitrogens with two attached hydrogens (primary N) is 1. The molecule has 0 amide bonds. The van der Waals surface area contributed by atoms with E-state index < -0.39 is 0 Å². The summed E-state index contributed by atoms with van der Waals surface area (Å²) in [5.74, 6) is 0.745. The standard InChI is InChI=1S/C29H37N7/c1-5-20-15-22(10-9-21(20)16-33-26-8-6-7-24(26)30)35-28-29-34-17-27(36(29)14-13-32-28)23-11-12-25(31-4)19(3)18(23)2/h9-15,17,24,26,31,33H,5-8,16,30H2,1-4H3,(H,32,35)/t24-,26-/m0/s1. The number of aromatic nitrogens is 3. The number of hydrogen-bond acceptors (Lipinski definition) is 6. The summed E-state index contributed by atoms with van der Waals surface area (Å²) in [6.07, 6.45) is 10.2. The fourth-order valence-corrected chi connectivity index (χ4v) is 5.40. The van der Waals surface area contributed by atoms with Gasteiger partial charge in [0, 0.05) is 55.0 Å². The summed E-state index contributed by atoms with van der Waals surface area (Å²) in [7, 11) is 1.96. The second-order valence-corrected chi connectivity index (χ2v) is 9.82. The first-order chi connectivity index (χ1) is 17.5. The molecule has 7 heteroatoms. The van der Waals surface area contributed by atoms with Gasteiger partial charge in [-0.1, -0.05) is 25.5 Å². The van der Waals surface area contributed by atoms with Crippen molar-refractivity contribution in [2.45, 2.75) is 65.1 Å². The molecule has 7 nitrogen and oxygen atoms in total. The SMILES string of the molecule is CCc1cc(Nc2nccn3c(-c4ccc(NC)c(C)c4C)cnc23)ccc1CN[C@H]1CCC[C@@H]1N. The van der Waals surface area contributed by atoms with Crippen molar-refractivity contribution in [3.05, 3.63) is 71.2 Å². The Morgan fingerprint density at radius 2 is 1.92 bits per heavy atom. The molecular formula is C29H37N7. The molecule has 1 saturated carbocycles. The van der Waals surface area contributed by atoms with E-state index in [1.807, 2.05) is 25.6 Å². The normalized spacial score (nSPS) is 17.6. The van der Waals surface area contributed by atoms with Gasteiger partial charge >= 0.3 is 0 Å².